The number of carbonyl (C=O) groups is 3. The monoisotopic (exact) mass is 408 g/mol. The zero-order valence-electron chi connectivity index (χ0n) is 16.7. The van der Waals surface area contributed by atoms with Crippen LogP contribution in [-0.4, -0.2) is 36.5 Å². The van der Waals surface area contributed by atoms with E-state index in [1.54, 1.807) is 31.2 Å². The molecule has 154 valence electrons. The fraction of sp³-hybridized carbons (Fsp3) is 0.571. The van der Waals surface area contributed by atoms with Gasteiger partial charge in [0.1, 0.15) is 0 Å². The predicted octanol–water partition coefficient (Wildman–Crippen LogP) is 3.33. The molecule has 1 saturated carbocycles. The van der Waals surface area contributed by atoms with Crippen LogP contribution in [0.1, 0.15) is 56.8 Å². The molecule has 4 atom stereocenters. The van der Waals surface area contributed by atoms with E-state index in [0.29, 0.717) is 22.4 Å². The minimum absolute atomic E-state index is 0.00614. The predicted molar refractivity (Wildman–Crippen MR) is 108 cm³/mol. The lowest BCUT2D eigenvalue weighted by Crippen LogP contribution is -2.47. The summed E-state index contributed by atoms with van der Waals surface area (Å²) in [5.41, 5.74) is 0.460. The van der Waals surface area contributed by atoms with E-state index in [0.717, 1.165) is 12.8 Å². The van der Waals surface area contributed by atoms with Crippen molar-refractivity contribution in [1.82, 2.24) is 10.6 Å². The first-order chi connectivity index (χ1) is 13.3. The van der Waals surface area contributed by atoms with Crippen LogP contribution in [0.4, 0.5) is 0 Å². The fourth-order valence-electron chi connectivity index (χ4n) is 3.38. The second kappa shape index (κ2) is 10.5. The highest BCUT2D eigenvalue weighted by atomic mass is 35.5. The number of halogens is 1. The Kier molecular flexibility index (Phi) is 8.30. The molecule has 0 aromatic heterocycles. The molecule has 1 aliphatic rings. The van der Waals surface area contributed by atoms with Gasteiger partial charge in [0, 0.05) is 23.2 Å². The largest absolute Gasteiger partial charge is 0.452 e. The molecule has 2 rings (SSSR count). The molecule has 1 aromatic carbocycles. The highest BCUT2D eigenvalue weighted by Gasteiger charge is 2.30. The normalized spacial score (nSPS) is 22.8. The van der Waals surface area contributed by atoms with E-state index in [4.69, 9.17) is 16.3 Å². The van der Waals surface area contributed by atoms with E-state index >= 15 is 0 Å². The number of amides is 2. The van der Waals surface area contributed by atoms with Crippen LogP contribution in [0, 0.1) is 11.8 Å². The maximum absolute atomic E-state index is 12.3. The molecule has 0 spiro atoms. The van der Waals surface area contributed by atoms with Crippen LogP contribution in [0.2, 0.25) is 5.02 Å². The molecule has 0 saturated heterocycles. The van der Waals surface area contributed by atoms with Crippen LogP contribution in [0.5, 0.6) is 0 Å². The Morgan fingerprint density at radius 3 is 2.54 bits per heavy atom. The summed E-state index contributed by atoms with van der Waals surface area (Å²) in [5, 5.41) is 6.20. The molecule has 7 heteroatoms. The fourth-order valence-corrected chi connectivity index (χ4v) is 3.50. The minimum Gasteiger partial charge on any atom is -0.452 e. The van der Waals surface area contributed by atoms with Crippen molar-refractivity contribution in [1.29, 1.82) is 0 Å². The van der Waals surface area contributed by atoms with Gasteiger partial charge in [-0.3, -0.25) is 14.4 Å². The van der Waals surface area contributed by atoms with E-state index in [1.807, 2.05) is 0 Å². The van der Waals surface area contributed by atoms with Crippen molar-refractivity contribution in [3.05, 3.63) is 34.9 Å². The molecule has 0 heterocycles. The van der Waals surface area contributed by atoms with E-state index < -0.39 is 12.1 Å². The molecule has 28 heavy (non-hydrogen) atoms. The standard InChI is InChI=1S/C21H29ClN2O4/c1-13-5-4-6-18(14(13)2)24-20(26)15(3)28-19(25)11-12-23-21(27)16-7-9-17(22)10-8-16/h7-10,13-15,18H,4-6,11-12H2,1-3H3,(H,23,27)(H,24,26)/t13-,14-,15-,18-/m1/s1. The highest BCUT2D eigenvalue weighted by molar-refractivity contribution is 6.30. The Labute approximate surface area is 171 Å². The average molecular weight is 409 g/mol. The summed E-state index contributed by atoms with van der Waals surface area (Å²) in [6.07, 6.45) is 2.36. The summed E-state index contributed by atoms with van der Waals surface area (Å²) in [6.45, 7) is 6.04. The van der Waals surface area contributed by atoms with Gasteiger partial charge in [-0.25, -0.2) is 0 Å². The number of esters is 1. The van der Waals surface area contributed by atoms with Gasteiger partial charge in [0.2, 0.25) is 0 Å². The van der Waals surface area contributed by atoms with Crippen molar-refractivity contribution in [2.45, 2.75) is 58.6 Å². The van der Waals surface area contributed by atoms with Gasteiger partial charge < -0.3 is 15.4 Å². The topological polar surface area (TPSA) is 84.5 Å². The van der Waals surface area contributed by atoms with Crippen molar-refractivity contribution in [2.75, 3.05) is 6.54 Å². The van der Waals surface area contributed by atoms with Crippen LogP contribution < -0.4 is 10.6 Å². The molecule has 0 unspecified atom stereocenters. The second-order valence-corrected chi connectivity index (χ2v) is 7.96. The number of nitrogens with one attached hydrogen (secondary N) is 2. The van der Waals surface area contributed by atoms with Crippen LogP contribution in [0.25, 0.3) is 0 Å². The first-order valence-corrected chi connectivity index (χ1v) is 10.2. The van der Waals surface area contributed by atoms with Crippen molar-refractivity contribution in [3.8, 4) is 0 Å². The van der Waals surface area contributed by atoms with Gasteiger partial charge in [0.15, 0.2) is 6.10 Å². The molecule has 0 bridgehead atoms. The zero-order valence-corrected chi connectivity index (χ0v) is 17.4. The van der Waals surface area contributed by atoms with Crippen LogP contribution in [0.3, 0.4) is 0 Å². The van der Waals surface area contributed by atoms with Crippen LogP contribution in [0.15, 0.2) is 24.3 Å². The van der Waals surface area contributed by atoms with Crippen LogP contribution in [-0.2, 0) is 14.3 Å². The van der Waals surface area contributed by atoms with Crippen LogP contribution >= 0.6 is 11.6 Å². The maximum Gasteiger partial charge on any atom is 0.308 e. The summed E-state index contributed by atoms with van der Waals surface area (Å²) < 4.78 is 5.20. The van der Waals surface area contributed by atoms with Crippen molar-refractivity contribution in [3.63, 3.8) is 0 Å². The third-order valence-corrected chi connectivity index (χ3v) is 5.69. The first kappa shape index (κ1) is 22.2. The van der Waals surface area contributed by atoms with E-state index in [1.165, 1.54) is 6.42 Å². The average Bonchev–Trinajstić information content (AvgIpc) is 2.65. The highest BCUT2D eigenvalue weighted by Crippen LogP contribution is 2.29. The Hall–Kier alpha value is -2.08. The SMILES string of the molecule is C[C@@H]1[C@H](C)CCC[C@H]1NC(=O)[C@@H](C)OC(=O)CCNC(=O)c1ccc(Cl)cc1. The Morgan fingerprint density at radius 2 is 1.86 bits per heavy atom. The number of hydrogen-bond donors (Lipinski definition) is 2. The van der Waals surface area contributed by atoms with Gasteiger partial charge >= 0.3 is 5.97 Å². The van der Waals surface area contributed by atoms with Crippen molar-refractivity contribution >= 4 is 29.4 Å². The van der Waals surface area contributed by atoms with Gasteiger partial charge in [-0.15, -0.1) is 0 Å². The number of carbonyl (C=O) groups excluding carboxylic acids is 3. The molecule has 0 radical (unpaired) electrons. The summed E-state index contributed by atoms with van der Waals surface area (Å²) in [7, 11) is 0. The summed E-state index contributed by atoms with van der Waals surface area (Å²) in [4.78, 5) is 36.3. The third-order valence-electron chi connectivity index (χ3n) is 5.43. The molecule has 1 aliphatic carbocycles. The lowest BCUT2D eigenvalue weighted by Gasteiger charge is -2.35. The summed E-state index contributed by atoms with van der Waals surface area (Å²) >= 11 is 5.79. The summed E-state index contributed by atoms with van der Waals surface area (Å²) in [5.74, 6) is -0.117. The first-order valence-electron chi connectivity index (χ1n) is 9.81. The minimum atomic E-state index is -0.858. The lowest BCUT2D eigenvalue weighted by molar-refractivity contribution is -0.155. The molecule has 0 aliphatic heterocycles. The number of benzene rings is 1. The Morgan fingerprint density at radius 1 is 1.18 bits per heavy atom. The van der Waals surface area contributed by atoms with E-state index in [2.05, 4.69) is 24.5 Å². The van der Waals surface area contributed by atoms with Gasteiger partial charge in [-0.2, -0.15) is 0 Å². The molecule has 6 nitrogen and oxygen atoms in total. The number of rotatable bonds is 7. The Balaban J connectivity index is 1.70. The van der Waals surface area contributed by atoms with E-state index in [9.17, 15) is 14.4 Å². The molecule has 1 fully saturated rings. The van der Waals surface area contributed by atoms with E-state index in [-0.39, 0.29) is 30.8 Å². The maximum atomic E-state index is 12.3. The zero-order chi connectivity index (χ0) is 20.7. The van der Waals surface area contributed by atoms with Gasteiger partial charge in [-0.05, 0) is 49.4 Å². The Bertz CT molecular complexity index is 692. The molecule has 2 amide bonds. The number of ether oxygens (including phenoxy) is 1. The third kappa shape index (κ3) is 6.51. The quantitative estimate of drug-likeness (QED) is 0.677. The smallest absolute Gasteiger partial charge is 0.308 e. The van der Waals surface area contributed by atoms with Crippen molar-refractivity contribution < 1.29 is 19.1 Å². The molecule has 2 N–H and O–H groups in total. The van der Waals surface area contributed by atoms with Gasteiger partial charge in [0.05, 0.1) is 6.42 Å². The molecular weight excluding hydrogens is 380 g/mol. The second-order valence-electron chi connectivity index (χ2n) is 7.53. The molecule has 1 aromatic rings. The van der Waals surface area contributed by atoms with Crippen molar-refractivity contribution in [2.24, 2.45) is 11.8 Å². The summed E-state index contributed by atoms with van der Waals surface area (Å²) in [6, 6.07) is 6.58. The lowest BCUT2D eigenvalue weighted by atomic mass is 9.78. The molecular formula is C21H29ClN2O4. The number of hydrogen-bond acceptors (Lipinski definition) is 4. The van der Waals surface area contributed by atoms with Gasteiger partial charge in [0.25, 0.3) is 11.8 Å². The van der Waals surface area contributed by atoms with Gasteiger partial charge in [-0.1, -0.05) is 38.3 Å².